The number of hydrogen-bond acceptors (Lipinski definition) is 7. The molecular formula is C20H18N4O3S2. The van der Waals surface area contributed by atoms with Gasteiger partial charge in [-0.25, -0.2) is 13.4 Å². The molecule has 7 nitrogen and oxygen atoms in total. The predicted molar refractivity (Wildman–Crippen MR) is 112 cm³/mol. The summed E-state index contributed by atoms with van der Waals surface area (Å²) in [6.45, 7) is 3.00. The Kier molecular flexibility index (Phi) is 5.13. The quantitative estimate of drug-likeness (QED) is 0.665. The summed E-state index contributed by atoms with van der Waals surface area (Å²) in [5.74, 6) is 0.460. The van der Waals surface area contributed by atoms with Crippen molar-refractivity contribution in [3.05, 3.63) is 59.1 Å². The van der Waals surface area contributed by atoms with Crippen LogP contribution in [-0.4, -0.2) is 26.6 Å². The molecule has 0 radical (unpaired) electrons. The molecule has 0 atom stereocenters. The highest BCUT2D eigenvalue weighted by Gasteiger charge is 2.25. The monoisotopic (exact) mass is 426 g/mol. The number of hydrogen-bond donors (Lipinski definition) is 1. The number of aryl methyl sites for hydroxylation is 1. The molecule has 148 valence electrons. The van der Waals surface area contributed by atoms with Gasteiger partial charge in [0.05, 0.1) is 28.4 Å². The van der Waals surface area contributed by atoms with Gasteiger partial charge in [0.2, 0.25) is 0 Å². The van der Waals surface area contributed by atoms with Crippen LogP contribution < -0.4 is 14.4 Å². The lowest BCUT2D eigenvalue weighted by molar-refractivity contribution is 0.313. The Balaban J connectivity index is 1.70. The maximum absolute atomic E-state index is 12.7. The second-order valence-corrected chi connectivity index (χ2v) is 8.97. The third-order valence-corrected chi connectivity index (χ3v) is 6.79. The summed E-state index contributed by atoms with van der Waals surface area (Å²) in [6, 6.07) is 12.8. The third-order valence-electron chi connectivity index (χ3n) is 4.64. The largest absolute Gasteiger partial charge is 0.489 e. The molecule has 0 fully saturated rings. The number of fused-ring (bicyclic) bond motifs is 1. The number of benzene rings is 2. The molecule has 0 saturated heterocycles. The van der Waals surface area contributed by atoms with Gasteiger partial charge in [0.15, 0.2) is 5.13 Å². The van der Waals surface area contributed by atoms with Crippen LogP contribution in [0, 0.1) is 11.3 Å². The average Bonchev–Trinajstić information content (AvgIpc) is 3.24. The number of ether oxygens (including phenoxy) is 1. The number of nitriles is 1. The Morgan fingerprint density at radius 3 is 2.83 bits per heavy atom. The lowest BCUT2D eigenvalue weighted by Gasteiger charge is -2.32. The Labute approximate surface area is 173 Å². The fraction of sp³-hybridized carbons (Fsp3) is 0.200. The first-order valence-electron chi connectivity index (χ1n) is 9.01. The molecule has 0 unspecified atom stereocenters. The molecule has 1 aromatic heterocycles. The van der Waals surface area contributed by atoms with Crippen molar-refractivity contribution in [1.29, 1.82) is 5.26 Å². The lowest BCUT2D eigenvalue weighted by Crippen LogP contribution is -2.29. The molecule has 2 heterocycles. The van der Waals surface area contributed by atoms with E-state index in [2.05, 4.69) is 15.8 Å². The smallest absolute Gasteiger partial charge is 0.263 e. The third kappa shape index (κ3) is 3.77. The number of rotatable bonds is 5. The first-order chi connectivity index (χ1) is 14.0. The van der Waals surface area contributed by atoms with Gasteiger partial charge in [-0.05, 0) is 36.2 Å². The zero-order valence-corrected chi connectivity index (χ0v) is 17.3. The molecule has 4 rings (SSSR count). The van der Waals surface area contributed by atoms with Crippen LogP contribution in [-0.2, 0) is 16.4 Å². The van der Waals surface area contributed by atoms with Crippen LogP contribution in [0.15, 0.2) is 52.9 Å². The molecule has 2 aromatic carbocycles. The number of aromatic nitrogens is 1. The molecule has 1 aliphatic rings. The topological polar surface area (TPSA) is 95.3 Å². The van der Waals surface area contributed by atoms with Crippen LogP contribution >= 0.6 is 11.3 Å². The molecule has 1 aliphatic heterocycles. The Morgan fingerprint density at radius 2 is 2.10 bits per heavy atom. The van der Waals surface area contributed by atoms with Gasteiger partial charge < -0.3 is 9.64 Å². The zero-order valence-electron chi connectivity index (χ0n) is 15.6. The molecule has 29 heavy (non-hydrogen) atoms. The zero-order chi connectivity index (χ0) is 20.4. The van der Waals surface area contributed by atoms with Crippen LogP contribution in [0.4, 0.5) is 16.5 Å². The van der Waals surface area contributed by atoms with Gasteiger partial charge in [-0.2, -0.15) is 5.26 Å². The predicted octanol–water partition coefficient (Wildman–Crippen LogP) is 3.91. The molecule has 9 heteroatoms. The highest BCUT2D eigenvalue weighted by molar-refractivity contribution is 7.93. The summed E-state index contributed by atoms with van der Waals surface area (Å²) in [7, 11) is -3.77. The molecule has 0 saturated carbocycles. The van der Waals surface area contributed by atoms with E-state index in [0.717, 1.165) is 23.4 Å². The second kappa shape index (κ2) is 7.73. The fourth-order valence-electron chi connectivity index (χ4n) is 3.19. The van der Waals surface area contributed by atoms with Gasteiger partial charge in [0.1, 0.15) is 18.4 Å². The van der Waals surface area contributed by atoms with Gasteiger partial charge in [-0.3, -0.25) is 4.72 Å². The van der Waals surface area contributed by atoms with Crippen LogP contribution in [0.25, 0.3) is 0 Å². The van der Waals surface area contributed by atoms with Crippen LogP contribution in [0.5, 0.6) is 5.75 Å². The molecule has 0 spiro atoms. The van der Waals surface area contributed by atoms with E-state index in [0.29, 0.717) is 29.6 Å². The summed E-state index contributed by atoms with van der Waals surface area (Å²) in [5, 5.41) is 11.6. The summed E-state index contributed by atoms with van der Waals surface area (Å²) in [6.07, 6.45) is 2.38. The van der Waals surface area contributed by atoms with Crippen molar-refractivity contribution in [2.75, 3.05) is 22.8 Å². The molecule has 3 aromatic rings. The van der Waals surface area contributed by atoms with E-state index >= 15 is 0 Å². The van der Waals surface area contributed by atoms with Crippen molar-refractivity contribution in [3.63, 3.8) is 0 Å². The molecule has 1 N–H and O–H groups in total. The van der Waals surface area contributed by atoms with Gasteiger partial charge in [0.25, 0.3) is 10.0 Å². The summed E-state index contributed by atoms with van der Waals surface area (Å²) >= 11 is 1.21. The summed E-state index contributed by atoms with van der Waals surface area (Å²) < 4.78 is 33.5. The Hall–Kier alpha value is -3.09. The van der Waals surface area contributed by atoms with E-state index in [-0.39, 0.29) is 4.90 Å². The van der Waals surface area contributed by atoms with Crippen LogP contribution in [0.2, 0.25) is 0 Å². The average molecular weight is 427 g/mol. The molecule has 0 aliphatic carbocycles. The standard InChI is InChI=1S/C20H18N4O3S2/c1-2-14-3-5-17(15(11-14)13-21)24-8-9-27-19-12-16(4-6-18(19)24)29(25,26)23-20-22-7-10-28-20/h3-7,10-12H,2,8-9H2,1H3,(H,22,23). The van der Waals surface area contributed by atoms with Crippen molar-refractivity contribution in [2.45, 2.75) is 18.2 Å². The molecule has 0 amide bonds. The van der Waals surface area contributed by atoms with Gasteiger partial charge >= 0.3 is 0 Å². The van der Waals surface area contributed by atoms with Crippen LogP contribution in [0.1, 0.15) is 18.1 Å². The number of nitrogens with one attached hydrogen (secondary N) is 1. The van der Waals surface area contributed by atoms with E-state index in [1.165, 1.54) is 29.7 Å². The van der Waals surface area contributed by atoms with Gasteiger partial charge in [-0.1, -0.05) is 13.0 Å². The van der Waals surface area contributed by atoms with E-state index in [4.69, 9.17) is 4.74 Å². The van der Waals surface area contributed by atoms with Crippen LogP contribution in [0.3, 0.4) is 0 Å². The molecule has 0 bridgehead atoms. The minimum absolute atomic E-state index is 0.0927. The number of anilines is 3. The number of sulfonamides is 1. The first kappa shape index (κ1) is 19.2. The normalized spacial score (nSPS) is 13.3. The Morgan fingerprint density at radius 1 is 1.28 bits per heavy atom. The Bertz CT molecular complexity index is 1180. The van der Waals surface area contributed by atoms with E-state index in [1.807, 2.05) is 30.0 Å². The lowest BCUT2D eigenvalue weighted by atomic mass is 10.1. The summed E-state index contributed by atoms with van der Waals surface area (Å²) in [5.41, 5.74) is 3.18. The first-order valence-corrected chi connectivity index (χ1v) is 11.4. The van der Waals surface area contributed by atoms with Crippen molar-refractivity contribution in [3.8, 4) is 11.8 Å². The maximum atomic E-state index is 12.7. The number of nitrogens with zero attached hydrogens (tertiary/aromatic N) is 3. The fourth-order valence-corrected chi connectivity index (χ4v) is 5.00. The van der Waals surface area contributed by atoms with Gasteiger partial charge in [0, 0.05) is 17.6 Å². The second-order valence-electron chi connectivity index (χ2n) is 6.39. The van der Waals surface area contributed by atoms with Crippen molar-refractivity contribution < 1.29 is 13.2 Å². The van der Waals surface area contributed by atoms with Crippen molar-refractivity contribution in [1.82, 2.24) is 4.98 Å². The highest BCUT2D eigenvalue weighted by atomic mass is 32.2. The minimum atomic E-state index is -3.77. The van der Waals surface area contributed by atoms with Crippen molar-refractivity contribution >= 4 is 37.9 Å². The van der Waals surface area contributed by atoms with E-state index in [1.54, 1.807) is 11.4 Å². The number of thiazole rings is 1. The van der Waals surface area contributed by atoms with Crippen molar-refractivity contribution in [2.24, 2.45) is 0 Å². The van der Waals surface area contributed by atoms with Gasteiger partial charge in [-0.15, -0.1) is 11.3 Å². The SMILES string of the molecule is CCc1ccc(N2CCOc3cc(S(=O)(=O)Nc4nccs4)ccc32)c(C#N)c1. The minimum Gasteiger partial charge on any atom is -0.489 e. The maximum Gasteiger partial charge on any atom is 0.263 e. The van der Waals surface area contributed by atoms with E-state index in [9.17, 15) is 13.7 Å². The summed E-state index contributed by atoms with van der Waals surface area (Å²) in [4.78, 5) is 6.04. The van der Waals surface area contributed by atoms with E-state index < -0.39 is 10.0 Å². The molecular weight excluding hydrogens is 408 g/mol. The highest BCUT2D eigenvalue weighted by Crippen LogP contribution is 2.39.